The molecule has 0 saturated carbocycles. The number of hydrogen-bond donors (Lipinski definition) is 3. The van der Waals surface area contributed by atoms with E-state index in [0.29, 0.717) is 48.3 Å². The topological polar surface area (TPSA) is 87.7 Å². The Labute approximate surface area is 198 Å². The average molecular weight is 448 g/mol. The van der Waals surface area contributed by atoms with Crippen LogP contribution in [0.4, 0.5) is 17.6 Å². The first-order chi connectivity index (χ1) is 16.8. The van der Waals surface area contributed by atoms with E-state index in [1.165, 1.54) is 0 Å². The van der Waals surface area contributed by atoms with Crippen molar-refractivity contribution in [1.82, 2.24) is 19.9 Å². The standard InChI is InChI=1S/C27H25N7/c1-4-10-20(11-5-1)16-28-25-24-23(31-19-32-25)26(29-17-21-12-6-2-7-13-21)34-27(33-24)30-18-22-14-8-3-9-15-22/h1-15,19H,16-18H2,(H,28,31,32)(H2,29,30,33,34). The van der Waals surface area contributed by atoms with Crippen molar-refractivity contribution in [2.75, 3.05) is 16.0 Å². The molecule has 5 rings (SSSR count). The Bertz CT molecular complexity index is 1340. The predicted molar refractivity (Wildman–Crippen MR) is 136 cm³/mol. The minimum atomic E-state index is 0.518. The van der Waals surface area contributed by atoms with E-state index in [-0.39, 0.29) is 0 Å². The van der Waals surface area contributed by atoms with Crippen molar-refractivity contribution in [1.29, 1.82) is 0 Å². The van der Waals surface area contributed by atoms with Gasteiger partial charge >= 0.3 is 0 Å². The number of nitrogens with one attached hydrogen (secondary N) is 3. The lowest BCUT2D eigenvalue weighted by Gasteiger charge is -2.14. The van der Waals surface area contributed by atoms with Crippen LogP contribution in [0, 0.1) is 0 Å². The fraction of sp³-hybridized carbons (Fsp3) is 0.111. The fourth-order valence-corrected chi connectivity index (χ4v) is 3.62. The van der Waals surface area contributed by atoms with Gasteiger partial charge in [-0.2, -0.15) is 4.98 Å². The van der Waals surface area contributed by atoms with Crippen LogP contribution in [0.5, 0.6) is 0 Å². The molecule has 0 amide bonds. The molecule has 0 spiro atoms. The van der Waals surface area contributed by atoms with Crippen molar-refractivity contribution in [2.45, 2.75) is 19.6 Å². The third kappa shape index (κ3) is 5.27. The van der Waals surface area contributed by atoms with Crippen LogP contribution in [0.15, 0.2) is 97.3 Å². The van der Waals surface area contributed by atoms with Gasteiger partial charge in [-0.25, -0.2) is 15.0 Å². The van der Waals surface area contributed by atoms with Crippen molar-refractivity contribution in [3.63, 3.8) is 0 Å². The molecule has 0 aliphatic carbocycles. The Morgan fingerprint density at radius 2 is 0.971 bits per heavy atom. The van der Waals surface area contributed by atoms with Gasteiger partial charge in [-0.1, -0.05) is 91.0 Å². The van der Waals surface area contributed by atoms with Crippen LogP contribution in [-0.2, 0) is 19.6 Å². The van der Waals surface area contributed by atoms with Crippen LogP contribution in [0.25, 0.3) is 11.0 Å². The van der Waals surface area contributed by atoms with E-state index in [2.05, 4.69) is 62.3 Å². The summed E-state index contributed by atoms with van der Waals surface area (Å²) in [4.78, 5) is 18.5. The molecule has 5 aromatic rings. The minimum Gasteiger partial charge on any atom is -0.364 e. The summed E-state index contributed by atoms with van der Waals surface area (Å²) in [5, 5.41) is 10.2. The summed E-state index contributed by atoms with van der Waals surface area (Å²) in [5.41, 5.74) is 4.81. The van der Waals surface area contributed by atoms with Crippen molar-refractivity contribution in [3.05, 3.63) is 114 Å². The van der Waals surface area contributed by atoms with E-state index in [1.54, 1.807) is 6.33 Å². The second kappa shape index (κ2) is 10.4. The maximum absolute atomic E-state index is 4.77. The molecule has 2 aromatic heterocycles. The smallest absolute Gasteiger partial charge is 0.225 e. The summed E-state index contributed by atoms with van der Waals surface area (Å²) in [7, 11) is 0. The first-order valence-electron chi connectivity index (χ1n) is 11.2. The third-order valence-corrected chi connectivity index (χ3v) is 5.38. The average Bonchev–Trinajstić information content (AvgIpc) is 2.91. The number of benzene rings is 3. The summed E-state index contributed by atoms with van der Waals surface area (Å²) in [5.74, 6) is 1.85. The quantitative estimate of drug-likeness (QED) is 0.284. The van der Waals surface area contributed by atoms with E-state index >= 15 is 0 Å². The van der Waals surface area contributed by atoms with Crippen molar-refractivity contribution < 1.29 is 0 Å². The highest BCUT2D eigenvalue weighted by molar-refractivity contribution is 5.93. The molecule has 7 heteroatoms. The van der Waals surface area contributed by atoms with E-state index in [4.69, 9.17) is 9.97 Å². The SMILES string of the molecule is c1ccc(CNc2nc(NCc3ccccc3)c3ncnc(NCc4ccccc4)c3n2)cc1. The number of fused-ring (bicyclic) bond motifs is 1. The Morgan fingerprint density at radius 3 is 1.53 bits per heavy atom. The van der Waals surface area contributed by atoms with Crippen molar-refractivity contribution >= 4 is 28.6 Å². The van der Waals surface area contributed by atoms with Gasteiger partial charge in [0.25, 0.3) is 0 Å². The van der Waals surface area contributed by atoms with Crippen molar-refractivity contribution in [3.8, 4) is 0 Å². The zero-order chi connectivity index (χ0) is 23.0. The van der Waals surface area contributed by atoms with Gasteiger partial charge in [-0.3, -0.25) is 0 Å². The first-order valence-corrected chi connectivity index (χ1v) is 11.2. The van der Waals surface area contributed by atoms with Crippen LogP contribution < -0.4 is 16.0 Å². The second-order valence-electron chi connectivity index (χ2n) is 7.83. The zero-order valence-electron chi connectivity index (χ0n) is 18.6. The lowest BCUT2D eigenvalue weighted by molar-refractivity contribution is 1.03. The summed E-state index contributed by atoms with van der Waals surface area (Å²) >= 11 is 0. The maximum Gasteiger partial charge on any atom is 0.225 e. The Balaban J connectivity index is 1.46. The van der Waals surface area contributed by atoms with Crippen LogP contribution in [-0.4, -0.2) is 19.9 Å². The molecule has 3 aromatic carbocycles. The molecule has 0 saturated heterocycles. The van der Waals surface area contributed by atoms with Gasteiger partial charge in [0.05, 0.1) is 0 Å². The van der Waals surface area contributed by atoms with Gasteiger partial charge in [0.1, 0.15) is 17.4 Å². The molecule has 34 heavy (non-hydrogen) atoms. The molecule has 168 valence electrons. The molecule has 7 nitrogen and oxygen atoms in total. The third-order valence-electron chi connectivity index (χ3n) is 5.38. The molecular weight excluding hydrogens is 422 g/mol. The molecule has 0 fully saturated rings. The largest absolute Gasteiger partial charge is 0.364 e. The number of anilines is 3. The van der Waals surface area contributed by atoms with E-state index in [1.807, 2.05) is 54.6 Å². The van der Waals surface area contributed by atoms with Crippen molar-refractivity contribution in [2.24, 2.45) is 0 Å². The zero-order valence-corrected chi connectivity index (χ0v) is 18.6. The Kier molecular flexibility index (Phi) is 6.52. The molecular formula is C27H25N7. The lowest BCUT2D eigenvalue weighted by Crippen LogP contribution is -2.10. The van der Waals surface area contributed by atoms with Gasteiger partial charge in [0, 0.05) is 19.6 Å². The van der Waals surface area contributed by atoms with Gasteiger partial charge in [0.2, 0.25) is 5.95 Å². The first kappa shape index (κ1) is 21.3. The van der Waals surface area contributed by atoms with Crippen LogP contribution in [0.3, 0.4) is 0 Å². The highest BCUT2D eigenvalue weighted by atomic mass is 15.2. The predicted octanol–water partition coefficient (Wildman–Crippen LogP) is 5.26. The van der Waals surface area contributed by atoms with Crippen LogP contribution >= 0.6 is 0 Å². The van der Waals surface area contributed by atoms with Crippen LogP contribution in [0.2, 0.25) is 0 Å². The maximum atomic E-state index is 4.77. The molecule has 0 aliphatic rings. The van der Waals surface area contributed by atoms with Gasteiger partial charge in [-0.05, 0) is 16.7 Å². The number of rotatable bonds is 9. The van der Waals surface area contributed by atoms with Gasteiger partial charge in [0.15, 0.2) is 11.6 Å². The van der Waals surface area contributed by atoms with E-state index in [0.717, 1.165) is 16.7 Å². The molecule has 3 N–H and O–H groups in total. The molecule has 0 atom stereocenters. The molecule has 0 aliphatic heterocycles. The number of aromatic nitrogens is 4. The highest BCUT2D eigenvalue weighted by Gasteiger charge is 2.14. The van der Waals surface area contributed by atoms with Gasteiger partial charge in [-0.15, -0.1) is 0 Å². The lowest BCUT2D eigenvalue weighted by atomic mass is 10.2. The van der Waals surface area contributed by atoms with Gasteiger partial charge < -0.3 is 16.0 Å². The summed E-state index contributed by atoms with van der Waals surface area (Å²) in [6.07, 6.45) is 1.55. The highest BCUT2D eigenvalue weighted by Crippen LogP contribution is 2.25. The van der Waals surface area contributed by atoms with E-state index in [9.17, 15) is 0 Å². The summed E-state index contributed by atoms with van der Waals surface area (Å²) in [6.45, 7) is 1.88. The molecule has 0 unspecified atom stereocenters. The Hall–Kier alpha value is -4.52. The number of nitrogens with zero attached hydrogens (tertiary/aromatic N) is 4. The summed E-state index contributed by atoms with van der Waals surface area (Å²) in [6, 6.07) is 30.6. The normalized spacial score (nSPS) is 10.7. The second-order valence-corrected chi connectivity index (χ2v) is 7.83. The number of hydrogen-bond acceptors (Lipinski definition) is 7. The molecule has 0 bridgehead atoms. The molecule has 0 radical (unpaired) electrons. The van der Waals surface area contributed by atoms with Crippen LogP contribution in [0.1, 0.15) is 16.7 Å². The molecule has 2 heterocycles. The fourth-order valence-electron chi connectivity index (χ4n) is 3.62. The van der Waals surface area contributed by atoms with E-state index < -0.39 is 0 Å². The monoisotopic (exact) mass is 447 g/mol. The summed E-state index contributed by atoms with van der Waals surface area (Å²) < 4.78 is 0. The minimum absolute atomic E-state index is 0.518. The Morgan fingerprint density at radius 1 is 0.471 bits per heavy atom.